The molecule has 1 aromatic rings. The molecule has 6 nitrogen and oxygen atoms in total. The Kier molecular flexibility index (Phi) is 5.34. The zero-order valence-electron chi connectivity index (χ0n) is 18.6. The van der Waals surface area contributed by atoms with Gasteiger partial charge in [0, 0.05) is 0 Å². The fraction of sp³-hybridized carbons (Fsp3) is 0.667. The first-order chi connectivity index (χ1) is 13.1. The summed E-state index contributed by atoms with van der Waals surface area (Å²) >= 11 is 0. The Hall–Kier alpha value is -1.22. The molecule has 29 heavy (non-hydrogen) atoms. The number of benzene rings is 1. The van der Waals surface area contributed by atoms with E-state index in [-0.39, 0.29) is 16.0 Å². The van der Waals surface area contributed by atoms with Gasteiger partial charge < -0.3 is 14.1 Å². The van der Waals surface area contributed by atoms with E-state index in [0.29, 0.717) is 0 Å². The van der Waals surface area contributed by atoms with E-state index >= 15 is 0 Å². The van der Waals surface area contributed by atoms with Crippen LogP contribution in [0.1, 0.15) is 41.5 Å². The van der Waals surface area contributed by atoms with Gasteiger partial charge in [0.2, 0.25) is 5.91 Å². The highest BCUT2D eigenvalue weighted by atomic mass is 32.2. The molecule has 0 radical (unpaired) electrons. The monoisotopic (exact) mass is 439 g/mol. The van der Waals surface area contributed by atoms with Crippen LogP contribution >= 0.6 is 0 Å². The van der Waals surface area contributed by atoms with Crippen LogP contribution in [0.15, 0.2) is 35.2 Å². The maximum atomic E-state index is 13.6. The molecule has 2 fully saturated rings. The lowest BCUT2D eigenvalue weighted by atomic mass is 10.1. The molecule has 0 spiro atoms. The lowest BCUT2D eigenvalue weighted by molar-refractivity contribution is -0.142. The van der Waals surface area contributed by atoms with Crippen LogP contribution < -0.4 is 0 Å². The molecule has 0 aromatic heterocycles. The summed E-state index contributed by atoms with van der Waals surface area (Å²) in [6.07, 6.45) is -1.09. The summed E-state index contributed by atoms with van der Waals surface area (Å²) in [4.78, 5) is 15.3. The van der Waals surface area contributed by atoms with Crippen molar-refractivity contribution in [3.63, 3.8) is 0 Å². The number of carbonyl (C=O) groups is 1. The number of sulfone groups is 1. The van der Waals surface area contributed by atoms with E-state index in [1.54, 1.807) is 35.2 Å². The zero-order chi connectivity index (χ0) is 22.0. The lowest BCUT2D eigenvalue weighted by Crippen LogP contribution is -2.52. The molecule has 0 bridgehead atoms. The highest BCUT2D eigenvalue weighted by molar-refractivity contribution is 7.93. The number of nitrogens with zero attached hydrogens (tertiary/aromatic N) is 1. The van der Waals surface area contributed by atoms with Gasteiger partial charge in [-0.3, -0.25) is 4.79 Å². The highest BCUT2D eigenvalue weighted by Crippen LogP contribution is 2.47. The minimum atomic E-state index is -3.92. The molecule has 8 heteroatoms. The molecule has 162 valence electrons. The van der Waals surface area contributed by atoms with Gasteiger partial charge in [0.05, 0.1) is 23.1 Å². The third-order valence-corrected chi connectivity index (χ3v) is 13.1. The summed E-state index contributed by atoms with van der Waals surface area (Å²) < 4.78 is 39.9. The molecule has 2 aliphatic heterocycles. The lowest BCUT2D eigenvalue weighted by Gasteiger charge is -2.40. The molecule has 2 saturated heterocycles. The quantitative estimate of drug-likeness (QED) is 0.671. The predicted molar refractivity (Wildman–Crippen MR) is 115 cm³/mol. The van der Waals surface area contributed by atoms with E-state index in [9.17, 15) is 13.2 Å². The Bertz CT molecular complexity index is 891. The first-order valence-electron chi connectivity index (χ1n) is 10.1. The number of hydrogen-bond acceptors (Lipinski definition) is 5. The largest absolute Gasteiger partial charge is 0.410 e. The van der Waals surface area contributed by atoms with Crippen LogP contribution in [0.25, 0.3) is 0 Å². The van der Waals surface area contributed by atoms with Crippen molar-refractivity contribution in [2.75, 3.05) is 0 Å². The Labute approximate surface area is 175 Å². The molecule has 3 rings (SSSR count). The molecule has 0 N–H and O–H groups in total. The molecule has 2 aliphatic rings. The van der Waals surface area contributed by atoms with E-state index in [4.69, 9.17) is 9.16 Å². The SMILES string of the molecule is C[C@H]1OC(C)(C)N2C(=O)[C@H](S(=O)(=O)c3ccccc3)[C@@H](O[Si](C)(C)C(C)(C)C)[C@H]12. The van der Waals surface area contributed by atoms with E-state index in [1.165, 1.54) is 0 Å². The molecule has 1 aromatic carbocycles. The number of ether oxygens (including phenoxy) is 1. The van der Waals surface area contributed by atoms with Crippen molar-refractivity contribution < 1.29 is 22.4 Å². The second-order valence-corrected chi connectivity index (χ2v) is 16.9. The summed E-state index contributed by atoms with van der Waals surface area (Å²) in [7, 11) is -6.28. The van der Waals surface area contributed by atoms with Crippen LogP contribution in [-0.2, 0) is 23.8 Å². The third-order valence-electron chi connectivity index (χ3n) is 6.59. The average Bonchev–Trinajstić information content (AvgIpc) is 3.00. The minimum Gasteiger partial charge on any atom is -0.410 e. The van der Waals surface area contributed by atoms with Crippen LogP contribution in [0, 0.1) is 0 Å². The zero-order valence-corrected chi connectivity index (χ0v) is 20.4. The number of amides is 1. The fourth-order valence-electron chi connectivity index (χ4n) is 4.15. The number of fused-ring (bicyclic) bond motifs is 1. The maximum absolute atomic E-state index is 13.6. The first-order valence-corrected chi connectivity index (χ1v) is 14.5. The maximum Gasteiger partial charge on any atom is 0.246 e. The van der Waals surface area contributed by atoms with Crippen LogP contribution in [0.5, 0.6) is 0 Å². The van der Waals surface area contributed by atoms with E-state index in [0.717, 1.165) is 0 Å². The second-order valence-electron chi connectivity index (χ2n) is 10.1. The third kappa shape index (κ3) is 3.58. The fourth-order valence-corrected chi connectivity index (χ4v) is 7.33. The van der Waals surface area contributed by atoms with Gasteiger partial charge in [-0.25, -0.2) is 8.42 Å². The van der Waals surface area contributed by atoms with Gasteiger partial charge in [0.1, 0.15) is 5.72 Å². The van der Waals surface area contributed by atoms with Crippen molar-refractivity contribution in [1.29, 1.82) is 0 Å². The van der Waals surface area contributed by atoms with Gasteiger partial charge in [0.15, 0.2) is 23.4 Å². The molecule has 0 unspecified atom stereocenters. The van der Waals surface area contributed by atoms with Gasteiger partial charge in [-0.05, 0) is 51.0 Å². The molecule has 2 heterocycles. The van der Waals surface area contributed by atoms with Gasteiger partial charge in [-0.1, -0.05) is 39.0 Å². The first kappa shape index (κ1) is 22.5. The second kappa shape index (κ2) is 6.90. The van der Waals surface area contributed by atoms with Crippen LogP contribution in [0.3, 0.4) is 0 Å². The molecular formula is C21H33NO5SSi. The number of carbonyl (C=O) groups excluding carboxylic acids is 1. The normalized spacial score (nSPS) is 29.9. The van der Waals surface area contributed by atoms with Crippen LogP contribution in [-0.4, -0.2) is 56.8 Å². The topological polar surface area (TPSA) is 72.9 Å². The summed E-state index contributed by atoms with van der Waals surface area (Å²) in [6.45, 7) is 16.0. The summed E-state index contributed by atoms with van der Waals surface area (Å²) in [5.74, 6) is -0.433. The minimum absolute atomic E-state index is 0.122. The van der Waals surface area contributed by atoms with Crippen molar-refractivity contribution in [2.24, 2.45) is 0 Å². The number of rotatable bonds is 4. The van der Waals surface area contributed by atoms with Crippen molar-refractivity contribution in [3.8, 4) is 0 Å². The van der Waals surface area contributed by atoms with Gasteiger partial charge in [-0.2, -0.15) is 0 Å². The Morgan fingerprint density at radius 1 is 1.14 bits per heavy atom. The van der Waals surface area contributed by atoms with Gasteiger partial charge in [0.25, 0.3) is 0 Å². The Balaban J connectivity index is 2.14. The molecule has 0 aliphatic carbocycles. The summed E-state index contributed by atoms with van der Waals surface area (Å²) in [5, 5.41) is -1.39. The van der Waals surface area contributed by atoms with Gasteiger partial charge >= 0.3 is 0 Å². The van der Waals surface area contributed by atoms with E-state index < -0.39 is 47.2 Å². The molecular weight excluding hydrogens is 406 g/mol. The predicted octanol–water partition coefficient (Wildman–Crippen LogP) is 3.58. The van der Waals surface area contributed by atoms with E-state index in [1.807, 2.05) is 20.8 Å². The highest BCUT2D eigenvalue weighted by Gasteiger charge is 2.65. The standard InChI is InChI=1S/C21H33NO5SSi/c1-14-16-17(27-29(7,8)20(2,3)4)18(19(23)22(16)21(5,6)26-14)28(24,25)15-12-10-9-11-13-15/h9-14,16-18H,1-8H3/t14-,16+,17+,18-/m1/s1. The van der Waals surface area contributed by atoms with Crippen molar-refractivity contribution in [3.05, 3.63) is 30.3 Å². The van der Waals surface area contributed by atoms with Gasteiger partial charge in [-0.15, -0.1) is 0 Å². The summed E-state index contributed by atoms with van der Waals surface area (Å²) in [5.41, 5.74) is -0.878. The van der Waals surface area contributed by atoms with Crippen molar-refractivity contribution in [2.45, 2.75) is 93.8 Å². The molecule has 1 amide bonds. The van der Waals surface area contributed by atoms with Crippen molar-refractivity contribution >= 4 is 24.1 Å². The molecule has 0 saturated carbocycles. The van der Waals surface area contributed by atoms with Crippen LogP contribution in [0.4, 0.5) is 0 Å². The van der Waals surface area contributed by atoms with Crippen LogP contribution in [0.2, 0.25) is 18.1 Å². The average molecular weight is 440 g/mol. The number of hydrogen-bond donors (Lipinski definition) is 0. The Morgan fingerprint density at radius 2 is 1.69 bits per heavy atom. The summed E-state index contributed by atoms with van der Waals surface area (Å²) in [6, 6.07) is 7.76. The molecule has 4 atom stereocenters. The van der Waals surface area contributed by atoms with Crippen molar-refractivity contribution in [1.82, 2.24) is 4.90 Å². The van der Waals surface area contributed by atoms with E-state index in [2.05, 4.69) is 33.9 Å². The smallest absolute Gasteiger partial charge is 0.246 e. The Morgan fingerprint density at radius 3 is 2.21 bits per heavy atom.